The third kappa shape index (κ3) is 3.29. The molecule has 2 aliphatic heterocycles. The summed E-state index contributed by atoms with van der Waals surface area (Å²) in [5.74, 6) is 0.543. The molecule has 0 saturated carbocycles. The van der Waals surface area contributed by atoms with Gasteiger partial charge >= 0.3 is 0 Å². The van der Waals surface area contributed by atoms with Gasteiger partial charge in [-0.05, 0) is 31.9 Å². The fraction of sp³-hybridized carbons (Fsp3) is 0.421. The van der Waals surface area contributed by atoms with Crippen molar-refractivity contribution >= 4 is 29.1 Å². The number of rotatable bonds is 2. The molecule has 4 heterocycles. The van der Waals surface area contributed by atoms with Gasteiger partial charge in [0.05, 0.1) is 17.6 Å². The number of hydrogen-bond donors (Lipinski definition) is 3. The average molecular weight is 380 g/mol. The molecule has 1 saturated heterocycles. The van der Waals surface area contributed by atoms with Crippen LogP contribution in [-0.4, -0.2) is 45.3 Å². The van der Waals surface area contributed by atoms with Crippen LogP contribution >= 0.6 is 0 Å². The Morgan fingerprint density at radius 2 is 2.00 bits per heavy atom. The highest BCUT2D eigenvalue weighted by atomic mass is 16.2. The van der Waals surface area contributed by atoms with Gasteiger partial charge in [-0.3, -0.25) is 20.1 Å². The van der Waals surface area contributed by atoms with Crippen LogP contribution in [0.1, 0.15) is 37.6 Å². The number of amides is 1. The van der Waals surface area contributed by atoms with Crippen LogP contribution in [0.3, 0.4) is 0 Å². The van der Waals surface area contributed by atoms with Gasteiger partial charge in [0.25, 0.3) is 0 Å². The van der Waals surface area contributed by atoms with Crippen molar-refractivity contribution in [1.82, 2.24) is 15.0 Å². The van der Waals surface area contributed by atoms with Crippen LogP contribution in [0, 0.1) is 5.41 Å². The summed E-state index contributed by atoms with van der Waals surface area (Å²) in [6.07, 6.45) is 5.87. The van der Waals surface area contributed by atoms with Crippen LogP contribution in [-0.2, 0) is 11.2 Å². The van der Waals surface area contributed by atoms with E-state index in [1.54, 1.807) is 24.5 Å². The van der Waals surface area contributed by atoms with E-state index >= 15 is 0 Å². The van der Waals surface area contributed by atoms with Crippen molar-refractivity contribution in [2.24, 2.45) is 5.73 Å². The number of nitrogens with one attached hydrogen (secondary N) is 1. The fourth-order valence-corrected chi connectivity index (χ4v) is 3.62. The van der Waals surface area contributed by atoms with Gasteiger partial charge in [0.1, 0.15) is 11.5 Å². The summed E-state index contributed by atoms with van der Waals surface area (Å²) in [7, 11) is 0. The highest BCUT2D eigenvalue weighted by Crippen LogP contribution is 2.29. The lowest BCUT2D eigenvalue weighted by molar-refractivity contribution is -0.118. The zero-order valence-electron chi connectivity index (χ0n) is 15.9. The van der Waals surface area contributed by atoms with E-state index in [2.05, 4.69) is 26.8 Å². The second kappa shape index (κ2) is 6.83. The average Bonchev–Trinajstić information content (AvgIpc) is 2.67. The van der Waals surface area contributed by atoms with Gasteiger partial charge in [0.2, 0.25) is 5.91 Å². The summed E-state index contributed by atoms with van der Waals surface area (Å²) in [6.45, 7) is 3.61. The molecule has 9 nitrogen and oxygen atoms in total. The van der Waals surface area contributed by atoms with Crippen molar-refractivity contribution in [2.45, 2.75) is 38.1 Å². The molecule has 0 atom stereocenters. The molecule has 0 unspecified atom stereocenters. The number of fused-ring (bicyclic) bond motifs is 1. The van der Waals surface area contributed by atoms with Crippen LogP contribution in [0.5, 0.6) is 0 Å². The van der Waals surface area contributed by atoms with E-state index in [9.17, 15) is 4.79 Å². The molecule has 28 heavy (non-hydrogen) atoms. The minimum Gasteiger partial charge on any atom is -0.382 e. The second-order valence-corrected chi connectivity index (χ2v) is 7.65. The quantitative estimate of drug-likeness (QED) is 0.523. The first kappa shape index (κ1) is 18.3. The van der Waals surface area contributed by atoms with Gasteiger partial charge in [0.15, 0.2) is 11.7 Å². The molecule has 0 bridgehead atoms. The Kier molecular flexibility index (Phi) is 4.46. The Hall–Kier alpha value is -3.07. The van der Waals surface area contributed by atoms with E-state index < -0.39 is 0 Å². The number of piperidine rings is 1. The van der Waals surface area contributed by atoms with Gasteiger partial charge in [-0.2, -0.15) is 0 Å². The molecule has 9 heteroatoms. The van der Waals surface area contributed by atoms with Crippen molar-refractivity contribution in [3.8, 4) is 0 Å². The standard InChI is InChI=1S/C19H24N8O/c1-19(22)6-9-26(10-7-19)14-11-24-16(17(20)25-14)18(21)27-13-3-2-8-23-12(13)4-5-15(27)28/h2-3,8,11,21H,4-7,9-10,22H2,1H3,(H2,20,25). The Morgan fingerprint density at radius 1 is 1.25 bits per heavy atom. The summed E-state index contributed by atoms with van der Waals surface area (Å²) in [5.41, 5.74) is 13.7. The third-order valence-corrected chi connectivity index (χ3v) is 5.40. The Morgan fingerprint density at radius 3 is 2.71 bits per heavy atom. The Bertz CT molecular complexity index is 931. The first-order valence-corrected chi connectivity index (χ1v) is 9.38. The van der Waals surface area contributed by atoms with E-state index in [1.807, 2.05) is 0 Å². The number of hydrogen-bond acceptors (Lipinski definition) is 8. The van der Waals surface area contributed by atoms with Crippen molar-refractivity contribution < 1.29 is 4.79 Å². The normalized spacial score (nSPS) is 18.7. The van der Waals surface area contributed by atoms with Crippen molar-refractivity contribution in [3.63, 3.8) is 0 Å². The summed E-state index contributed by atoms with van der Waals surface area (Å²) in [5, 5.41) is 8.56. The lowest BCUT2D eigenvalue weighted by atomic mass is 9.91. The molecule has 2 aromatic heterocycles. The predicted molar refractivity (Wildman–Crippen MR) is 107 cm³/mol. The third-order valence-electron chi connectivity index (χ3n) is 5.40. The van der Waals surface area contributed by atoms with Crippen LogP contribution in [0.2, 0.25) is 0 Å². The first-order valence-electron chi connectivity index (χ1n) is 9.38. The predicted octanol–water partition coefficient (Wildman–Crippen LogP) is 1.08. The summed E-state index contributed by atoms with van der Waals surface area (Å²) < 4.78 is 0. The first-order chi connectivity index (χ1) is 13.4. The van der Waals surface area contributed by atoms with Gasteiger partial charge < -0.3 is 16.4 Å². The molecule has 146 valence electrons. The summed E-state index contributed by atoms with van der Waals surface area (Å²) in [6, 6.07) is 3.53. The molecule has 2 aliphatic rings. The zero-order valence-corrected chi connectivity index (χ0v) is 15.9. The lowest BCUT2D eigenvalue weighted by Crippen LogP contribution is -2.48. The number of amidine groups is 1. The molecule has 0 spiro atoms. The number of aromatic nitrogens is 3. The van der Waals surface area contributed by atoms with E-state index in [1.165, 1.54) is 4.90 Å². The van der Waals surface area contributed by atoms with Crippen LogP contribution in [0.4, 0.5) is 17.3 Å². The van der Waals surface area contributed by atoms with Crippen molar-refractivity contribution in [1.29, 1.82) is 5.41 Å². The molecule has 2 aromatic rings. The smallest absolute Gasteiger partial charge is 0.233 e. The van der Waals surface area contributed by atoms with Crippen LogP contribution in [0.25, 0.3) is 0 Å². The number of carbonyl (C=O) groups excluding carboxylic acids is 1. The number of aryl methyl sites for hydroxylation is 1. The minimum absolute atomic E-state index is 0.0799. The Balaban J connectivity index is 1.60. The molecule has 4 rings (SSSR count). The topological polar surface area (TPSA) is 138 Å². The van der Waals surface area contributed by atoms with Crippen LogP contribution < -0.4 is 21.3 Å². The Labute approximate surface area is 163 Å². The van der Waals surface area contributed by atoms with Gasteiger partial charge in [-0.1, -0.05) is 0 Å². The van der Waals surface area contributed by atoms with Gasteiger partial charge in [-0.15, -0.1) is 0 Å². The number of carbonyl (C=O) groups is 1. The van der Waals surface area contributed by atoms with Crippen molar-refractivity contribution in [3.05, 3.63) is 35.9 Å². The van der Waals surface area contributed by atoms with Crippen molar-refractivity contribution in [2.75, 3.05) is 28.6 Å². The van der Waals surface area contributed by atoms with E-state index in [-0.39, 0.29) is 28.8 Å². The largest absolute Gasteiger partial charge is 0.382 e. The fourth-order valence-electron chi connectivity index (χ4n) is 3.62. The number of nitrogen functional groups attached to an aromatic ring is 1. The lowest BCUT2D eigenvalue weighted by Gasteiger charge is -2.37. The molecule has 5 N–H and O–H groups in total. The highest BCUT2D eigenvalue weighted by Gasteiger charge is 2.31. The number of nitrogens with zero attached hydrogens (tertiary/aromatic N) is 5. The highest BCUT2D eigenvalue weighted by molar-refractivity contribution is 6.23. The molecular formula is C19H24N8O. The maximum absolute atomic E-state index is 12.5. The molecule has 0 aromatic carbocycles. The summed E-state index contributed by atoms with van der Waals surface area (Å²) >= 11 is 0. The summed E-state index contributed by atoms with van der Waals surface area (Å²) in [4.78, 5) is 29.1. The van der Waals surface area contributed by atoms with Gasteiger partial charge in [-0.25, -0.2) is 9.97 Å². The monoisotopic (exact) mass is 380 g/mol. The molecular weight excluding hydrogens is 356 g/mol. The molecule has 0 aliphatic carbocycles. The molecule has 0 radical (unpaired) electrons. The van der Waals surface area contributed by atoms with Gasteiger partial charge in [0, 0.05) is 37.7 Å². The number of anilines is 3. The molecule has 1 fully saturated rings. The molecule has 1 amide bonds. The maximum atomic E-state index is 12.5. The van der Waals surface area contributed by atoms with Crippen LogP contribution in [0.15, 0.2) is 24.5 Å². The zero-order chi connectivity index (χ0) is 19.9. The van der Waals surface area contributed by atoms with E-state index in [4.69, 9.17) is 16.9 Å². The second-order valence-electron chi connectivity index (χ2n) is 7.65. The number of nitrogens with two attached hydrogens (primary N) is 2. The maximum Gasteiger partial charge on any atom is 0.233 e. The SMILES string of the molecule is CC1(N)CCN(c2cnc(C(=N)N3C(=O)CCc4ncccc43)c(N)n2)CC1. The van der Waals surface area contributed by atoms with E-state index in [0.29, 0.717) is 24.3 Å². The minimum atomic E-state index is -0.172. The number of pyridine rings is 1. The van der Waals surface area contributed by atoms with E-state index in [0.717, 1.165) is 31.6 Å².